The molecule has 0 fully saturated rings. The van der Waals surface area contributed by atoms with Gasteiger partial charge in [0.05, 0.1) is 6.54 Å². The normalized spacial score (nSPS) is 10.4. The lowest BCUT2D eigenvalue weighted by Crippen LogP contribution is -2.50. The SMILES string of the molecule is CCCCCCCCCC[NH3+]. The van der Waals surface area contributed by atoms with E-state index in [1.807, 2.05) is 0 Å². The molecule has 0 saturated heterocycles. The van der Waals surface area contributed by atoms with Gasteiger partial charge in [-0.1, -0.05) is 45.4 Å². The molecule has 0 aliphatic carbocycles. The van der Waals surface area contributed by atoms with E-state index in [4.69, 9.17) is 0 Å². The molecule has 0 atom stereocenters. The summed E-state index contributed by atoms with van der Waals surface area (Å²) in [7, 11) is 0. The molecule has 0 aliphatic heterocycles. The molecule has 1 heteroatoms. The van der Waals surface area contributed by atoms with E-state index in [2.05, 4.69) is 12.7 Å². The predicted octanol–water partition coefficient (Wildman–Crippen LogP) is 2.37. The smallest absolute Gasteiger partial charge is 0.0739 e. The van der Waals surface area contributed by atoms with Gasteiger partial charge in [0.15, 0.2) is 0 Å². The summed E-state index contributed by atoms with van der Waals surface area (Å²) in [6.07, 6.45) is 11.3. The predicted molar refractivity (Wildman–Crippen MR) is 50.4 cm³/mol. The third-order valence-electron chi connectivity index (χ3n) is 2.10. The molecule has 0 spiro atoms. The summed E-state index contributed by atoms with van der Waals surface area (Å²) >= 11 is 0. The summed E-state index contributed by atoms with van der Waals surface area (Å²) in [4.78, 5) is 0. The fourth-order valence-corrected chi connectivity index (χ4v) is 1.31. The fraction of sp³-hybridized carbons (Fsp3) is 1.00. The van der Waals surface area contributed by atoms with Gasteiger partial charge in [-0.3, -0.25) is 0 Å². The molecule has 11 heavy (non-hydrogen) atoms. The van der Waals surface area contributed by atoms with Crippen LogP contribution in [-0.2, 0) is 0 Å². The molecule has 0 unspecified atom stereocenters. The minimum Gasteiger partial charge on any atom is -0.358 e. The van der Waals surface area contributed by atoms with Crippen molar-refractivity contribution < 1.29 is 5.73 Å². The second-order valence-corrected chi connectivity index (χ2v) is 3.33. The largest absolute Gasteiger partial charge is 0.358 e. The number of rotatable bonds is 8. The van der Waals surface area contributed by atoms with Gasteiger partial charge in [-0.15, -0.1) is 0 Å². The van der Waals surface area contributed by atoms with Crippen molar-refractivity contribution in [1.29, 1.82) is 0 Å². The molecule has 0 aromatic rings. The van der Waals surface area contributed by atoms with E-state index in [1.165, 1.54) is 51.4 Å². The molecule has 0 amide bonds. The minimum atomic E-state index is 1.12. The average Bonchev–Trinajstić information content (AvgIpc) is 2.03. The highest BCUT2D eigenvalue weighted by atomic mass is 14.5. The van der Waals surface area contributed by atoms with Gasteiger partial charge in [-0.2, -0.15) is 0 Å². The van der Waals surface area contributed by atoms with E-state index in [-0.39, 0.29) is 0 Å². The molecule has 1 nitrogen and oxygen atoms in total. The van der Waals surface area contributed by atoms with Crippen LogP contribution in [0.15, 0.2) is 0 Å². The lowest BCUT2D eigenvalue weighted by atomic mass is 10.1. The lowest BCUT2D eigenvalue weighted by Gasteiger charge is -1.98. The molecule has 0 bridgehead atoms. The van der Waals surface area contributed by atoms with Gasteiger partial charge in [0.1, 0.15) is 0 Å². The van der Waals surface area contributed by atoms with Crippen molar-refractivity contribution in [2.45, 2.75) is 58.3 Å². The van der Waals surface area contributed by atoms with E-state index >= 15 is 0 Å². The Balaban J connectivity index is 2.69. The maximum Gasteiger partial charge on any atom is 0.0739 e. The molecular formula is C10H24N+. The first-order valence-corrected chi connectivity index (χ1v) is 5.21. The molecular weight excluding hydrogens is 134 g/mol. The van der Waals surface area contributed by atoms with E-state index in [9.17, 15) is 0 Å². The first kappa shape index (κ1) is 11.0. The van der Waals surface area contributed by atoms with E-state index < -0.39 is 0 Å². The van der Waals surface area contributed by atoms with E-state index in [0.717, 1.165) is 6.54 Å². The van der Waals surface area contributed by atoms with Gasteiger partial charge >= 0.3 is 0 Å². The highest BCUT2D eigenvalue weighted by Crippen LogP contribution is 2.07. The summed E-state index contributed by atoms with van der Waals surface area (Å²) < 4.78 is 0. The molecule has 0 heterocycles. The zero-order valence-electron chi connectivity index (χ0n) is 8.07. The van der Waals surface area contributed by atoms with Crippen LogP contribution in [0.4, 0.5) is 0 Å². The second-order valence-electron chi connectivity index (χ2n) is 3.33. The van der Waals surface area contributed by atoms with Crippen LogP contribution < -0.4 is 5.73 Å². The standard InChI is InChI=1S/C10H23N/c1-2-3-4-5-6-7-8-9-10-11/h2-11H2,1H3/p+1. The monoisotopic (exact) mass is 158 g/mol. The van der Waals surface area contributed by atoms with E-state index in [1.54, 1.807) is 0 Å². The van der Waals surface area contributed by atoms with Gasteiger partial charge < -0.3 is 5.73 Å². The average molecular weight is 158 g/mol. The Morgan fingerprint density at radius 1 is 0.727 bits per heavy atom. The zero-order chi connectivity index (χ0) is 8.36. The quantitative estimate of drug-likeness (QED) is 0.525. The number of quaternary nitrogens is 1. The van der Waals surface area contributed by atoms with Crippen LogP contribution in [0.5, 0.6) is 0 Å². The van der Waals surface area contributed by atoms with E-state index in [0.29, 0.717) is 0 Å². The number of unbranched alkanes of at least 4 members (excludes halogenated alkanes) is 7. The highest BCUT2D eigenvalue weighted by molar-refractivity contribution is 4.44. The van der Waals surface area contributed by atoms with Crippen molar-refractivity contribution >= 4 is 0 Å². The summed E-state index contributed by atoms with van der Waals surface area (Å²) in [5, 5.41) is 0. The van der Waals surface area contributed by atoms with Crippen molar-refractivity contribution in [3.8, 4) is 0 Å². The van der Waals surface area contributed by atoms with Crippen LogP contribution in [0, 0.1) is 0 Å². The Morgan fingerprint density at radius 2 is 1.18 bits per heavy atom. The highest BCUT2D eigenvalue weighted by Gasteiger charge is 1.89. The number of hydrogen-bond acceptors (Lipinski definition) is 0. The van der Waals surface area contributed by atoms with Gasteiger partial charge in [-0.05, 0) is 12.8 Å². The zero-order valence-corrected chi connectivity index (χ0v) is 8.07. The Morgan fingerprint density at radius 3 is 1.64 bits per heavy atom. The fourth-order valence-electron chi connectivity index (χ4n) is 1.31. The third-order valence-corrected chi connectivity index (χ3v) is 2.10. The van der Waals surface area contributed by atoms with Gasteiger partial charge in [0.25, 0.3) is 0 Å². The number of hydrogen-bond donors (Lipinski definition) is 1. The topological polar surface area (TPSA) is 27.6 Å². The lowest BCUT2D eigenvalue weighted by molar-refractivity contribution is -0.368. The van der Waals surface area contributed by atoms with Gasteiger partial charge in [-0.25, -0.2) is 0 Å². The third kappa shape index (κ3) is 9.96. The van der Waals surface area contributed by atoms with Crippen molar-refractivity contribution in [2.24, 2.45) is 0 Å². The molecule has 0 radical (unpaired) electrons. The molecule has 0 rings (SSSR count). The summed E-state index contributed by atoms with van der Waals surface area (Å²) in [6.45, 7) is 3.39. The second kappa shape index (κ2) is 9.96. The first-order chi connectivity index (χ1) is 5.41. The molecule has 3 N–H and O–H groups in total. The van der Waals surface area contributed by atoms with Crippen molar-refractivity contribution in [1.82, 2.24) is 0 Å². The van der Waals surface area contributed by atoms with Gasteiger partial charge in [0.2, 0.25) is 0 Å². The molecule has 0 aliphatic rings. The molecule has 0 aromatic heterocycles. The molecule has 0 aromatic carbocycles. The first-order valence-electron chi connectivity index (χ1n) is 5.21. The summed E-state index contributed by atoms with van der Waals surface area (Å²) in [5.41, 5.74) is 3.83. The molecule has 68 valence electrons. The van der Waals surface area contributed by atoms with Crippen molar-refractivity contribution in [2.75, 3.05) is 6.54 Å². The van der Waals surface area contributed by atoms with Crippen LogP contribution in [0.3, 0.4) is 0 Å². The van der Waals surface area contributed by atoms with Crippen LogP contribution in [0.2, 0.25) is 0 Å². The van der Waals surface area contributed by atoms with Crippen molar-refractivity contribution in [3.63, 3.8) is 0 Å². The van der Waals surface area contributed by atoms with Crippen LogP contribution >= 0.6 is 0 Å². The van der Waals surface area contributed by atoms with Crippen molar-refractivity contribution in [3.05, 3.63) is 0 Å². The van der Waals surface area contributed by atoms with Crippen LogP contribution in [0.25, 0.3) is 0 Å². The van der Waals surface area contributed by atoms with Crippen LogP contribution in [-0.4, -0.2) is 6.54 Å². The Bertz CT molecular complexity index is 53.9. The van der Waals surface area contributed by atoms with Gasteiger partial charge in [0, 0.05) is 0 Å². The Hall–Kier alpha value is -0.0400. The summed E-state index contributed by atoms with van der Waals surface area (Å²) in [6, 6.07) is 0. The maximum absolute atomic E-state index is 3.83. The molecule has 0 saturated carbocycles. The Labute approximate surface area is 71.4 Å². The maximum atomic E-state index is 3.83. The minimum absolute atomic E-state index is 1.12. The Kier molecular flexibility index (Phi) is 9.92. The van der Waals surface area contributed by atoms with Crippen LogP contribution in [0.1, 0.15) is 58.3 Å². The summed E-state index contributed by atoms with van der Waals surface area (Å²) in [5.74, 6) is 0.